The molecule has 0 radical (unpaired) electrons. The molecule has 0 spiro atoms. The van der Waals surface area contributed by atoms with E-state index in [0.29, 0.717) is 11.1 Å². The van der Waals surface area contributed by atoms with Gasteiger partial charge in [0.15, 0.2) is 0 Å². The maximum atomic E-state index is 13.7. The fourth-order valence-electron chi connectivity index (χ4n) is 1.53. The van der Waals surface area contributed by atoms with Crippen molar-refractivity contribution in [1.82, 2.24) is 15.0 Å². The van der Waals surface area contributed by atoms with Crippen molar-refractivity contribution >= 4 is 0 Å². The summed E-state index contributed by atoms with van der Waals surface area (Å²) in [5.74, 6) is -0.346. The van der Waals surface area contributed by atoms with Gasteiger partial charge in [-0.05, 0) is 18.6 Å². The summed E-state index contributed by atoms with van der Waals surface area (Å²) in [6.45, 7) is 1.83. The van der Waals surface area contributed by atoms with Crippen LogP contribution in [0.1, 0.15) is 5.56 Å². The Labute approximate surface area is 104 Å². The standard InChI is InChI=1S/C12H12FN3O2/c1-7-4-8(10(13)14-5-7)9-6-15-12(18-3)16-11(9)17-2/h4-6H,1-3H3. The summed E-state index contributed by atoms with van der Waals surface area (Å²) in [6.07, 6.45) is 2.90. The zero-order valence-electron chi connectivity index (χ0n) is 10.3. The van der Waals surface area contributed by atoms with Crippen LogP contribution < -0.4 is 9.47 Å². The summed E-state index contributed by atoms with van der Waals surface area (Å²) in [5.41, 5.74) is 1.57. The van der Waals surface area contributed by atoms with Crippen LogP contribution >= 0.6 is 0 Å². The summed E-state index contributed by atoms with van der Waals surface area (Å²) >= 11 is 0. The zero-order chi connectivity index (χ0) is 13.1. The van der Waals surface area contributed by atoms with Crippen LogP contribution in [0, 0.1) is 12.9 Å². The van der Waals surface area contributed by atoms with Crippen LogP contribution in [-0.2, 0) is 0 Å². The van der Waals surface area contributed by atoms with Crippen molar-refractivity contribution in [2.45, 2.75) is 6.92 Å². The number of nitrogens with zero attached hydrogens (tertiary/aromatic N) is 3. The first-order valence-corrected chi connectivity index (χ1v) is 5.23. The van der Waals surface area contributed by atoms with E-state index in [1.807, 2.05) is 6.92 Å². The molecule has 6 heteroatoms. The van der Waals surface area contributed by atoms with Crippen LogP contribution in [0.2, 0.25) is 0 Å². The number of aromatic nitrogens is 3. The molecule has 0 atom stereocenters. The van der Waals surface area contributed by atoms with Gasteiger partial charge in [-0.25, -0.2) is 9.97 Å². The molecule has 0 saturated heterocycles. The van der Waals surface area contributed by atoms with Crippen molar-refractivity contribution in [3.05, 3.63) is 30.0 Å². The highest BCUT2D eigenvalue weighted by Crippen LogP contribution is 2.30. The topological polar surface area (TPSA) is 57.1 Å². The van der Waals surface area contributed by atoms with E-state index in [9.17, 15) is 4.39 Å². The van der Waals surface area contributed by atoms with Crippen molar-refractivity contribution in [3.63, 3.8) is 0 Å². The average molecular weight is 249 g/mol. The first-order valence-electron chi connectivity index (χ1n) is 5.23. The molecule has 0 aliphatic carbocycles. The lowest BCUT2D eigenvalue weighted by atomic mass is 10.1. The average Bonchev–Trinajstić information content (AvgIpc) is 2.41. The summed E-state index contributed by atoms with van der Waals surface area (Å²) in [6, 6.07) is 1.83. The van der Waals surface area contributed by atoms with Crippen LogP contribution in [0.5, 0.6) is 11.9 Å². The highest BCUT2D eigenvalue weighted by atomic mass is 19.1. The number of aryl methyl sites for hydroxylation is 1. The van der Waals surface area contributed by atoms with Crippen molar-refractivity contribution < 1.29 is 13.9 Å². The normalized spacial score (nSPS) is 10.2. The Bertz CT molecular complexity index is 575. The van der Waals surface area contributed by atoms with Crippen LogP contribution in [0.15, 0.2) is 18.5 Å². The number of hydrogen-bond acceptors (Lipinski definition) is 5. The van der Waals surface area contributed by atoms with E-state index in [1.54, 1.807) is 6.07 Å². The Kier molecular flexibility index (Phi) is 3.36. The third kappa shape index (κ3) is 2.22. The third-order valence-electron chi connectivity index (χ3n) is 2.37. The van der Waals surface area contributed by atoms with Crippen molar-refractivity contribution in [2.24, 2.45) is 0 Å². The van der Waals surface area contributed by atoms with Crippen molar-refractivity contribution in [3.8, 4) is 23.0 Å². The van der Waals surface area contributed by atoms with Gasteiger partial charge in [0.2, 0.25) is 11.8 Å². The molecule has 2 heterocycles. The second-order valence-corrected chi connectivity index (χ2v) is 3.63. The summed E-state index contributed by atoms with van der Waals surface area (Å²) in [4.78, 5) is 11.6. The monoisotopic (exact) mass is 249 g/mol. The fraction of sp³-hybridized carbons (Fsp3) is 0.250. The number of methoxy groups -OCH3 is 2. The lowest BCUT2D eigenvalue weighted by molar-refractivity contribution is 0.353. The van der Waals surface area contributed by atoms with Gasteiger partial charge >= 0.3 is 6.01 Å². The lowest BCUT2D eigenvalue weighted by Crippen LogP contribution is -1.99. The molecule has 18 heavy (non-hydrogen) atoms. The number of rotatable bonds is 3. The number of halogens is 1. The molecule has 0 fully saturated rings. The van der Waals surface area contributed by atoms with E-state index in [1.165, 1.54) is 26.6 Å². The highest BCUT2D eigenvalue weighted by molar-refractivity contribution is 5.68. The molecule has 94 valence electrons. The van der Waals surface area contributed by atoms with E-state index in [2.05, 4.69) is 15.0 Å². The minimum atomic E-state index is -0.590. The molecule has 2 aromatic heterocycles. The molecular weight excluding hydrogens is 237 g/mol. The van der Waals surface area contributed by atoms with Crippen molar-refractivity contribution in [2.75, 3.05) is 14.2 Å². The van der Waals surface area contributed by atoms with Crippen LogP contribution in [0.4, 0.5) is 4.39 Å². The van der Waals surface area contributed by atoms with Gasteiger partial charge in [0, 0.05) is 18.0 Å². The maximum Gasteiger partial charge on any atom is 0.319 e. The molecule has 2 rings (SSSR count). The minimum Gasteiger partial charge on any atom is -0.480 e. The molecule has 2 aromatic rings. The Morgan fingerprint density at radius 1 is 1.06 bits per heavy atom. The first kappa shape index (κ1) is 12.2. The predicted octanol–water partition coefficient (Wildman–Crippen LogP) is 2.00. The molecule has 0 aliphatic rings. The summed E-state index contributed by atoms with van der Waals surface area (Å²) in [7, 11) is 2.90. The number of hydrogen-bond donors (Lipinski definition) is 0. The molecule has 5 nitrogen and oxygen atoms in total. The van der Waals surface area contributed by atoms with Crippen molar-refractivity contribution in [1.29, 1.82) is 0 Å². The van der Waals surface area contributed by atoms with Gasteiger partial charge in [-0.1, -0.05) is 0 Å². The van der Waals surface area contributed by atoms with Gasteiger partial charge in [-0.2, -0.15) is 9.37 Å². The number of pyridine rings is 1. The quantitative estimate of drug-likeness (QED) is 0.779. The van der Waals surface area contributed by atoms with Gasteiger partial charge < -0.3 is 9.47 Å². The predicted molar refractivity (Wildman–Crippen MR) is 63.1 cm³/mol. The minimum absolute atomic E-state index is 0.164. The highest BCUT2D eigenvalue weighted by Gasteiger charge is 2.15. The fourth-order valence-corrected chi connectivity index (χ4v) is 1.53. The largest absolute Gasteiger partial charge is 0.480 e. The Morgan fingerprint density at radius 2 is 1.83 bits per heavy atom. The van der Waals surface area contributed by atoms with E-state index in [0.717, 1.165) is 5.56 Å². The van der Waals surface area contributed by atoms with E-state index in [4.69, 9.17) is 9.47 Å². The van der Waals surface area contributed by atoms with Gasteiger partial charge in [-0.15, -0.1) is 0 Å². The van der Waals surface area contributed by atoms with E-state index < -0.39 is 5.95 Å². The maximum absolute atomic E-state index is 13.7. The Hall–Kier alpha value is -2.24. The molecule has 0 saturated carbocycles. The molecular formula is C12H12FN3O2. The zero-order valence-corrected chi connectivity index (χ0v) is 10.3. The Morgan fingerprint density at radius 3 is 2.50 bits per heavy atom. The summed E-state index contributed by atoms with van der Waals surface area (Å²) in [5, 5.41) is 0. The van der Waals surface area contributed by atoms with Gasteiger partial charge in [0.05, 0.1) is 19.8 Å². The SMILES string of the molecule is COc1ncc(-c2cc(C)cnc2F)c(OC)n1. The van der Waals surface area contributed by atoms with E-state index >= 15 is 0 Å². The van der Waals surface area contributed by atoms with E-state index in [-0.39, 0.29) is 11.9 Å². The number of ether oxygens (including phenoxy) is 2. The summed E-state index contributed by atoms with van der Waals surface area (Å²) < 4.78 is 23.7. The molecule has 0 aromatic carbocycles. The smallest absolute Gasteiger partial charge is 0.319 e. The second kappa shape index (κ2) is 4.95. The first-order chi connectivity index (χ1) is 8.65. The lowest BCUT2D eigenvalue weighted by Gasteiger charge is -2.09. The van der Waals surface area contributed by atoms with Gasteiger partial charge in [0.1, 0.15) is 0 Å². The molecule has 0 unspecified atom stereocenters. The third-order valence-corrected chi connectivity index (χ3v) is 2.37. The second-order valence-electron chi connectivity index (χ2n) is 3.63. The molecule has 0 N–H and O–H groups in total. The van der Waals surface area contributed by atoms with Crippen LogP contribution in [-0.4, -0.2) is 29.2 Å². The molecule has 0 aliphatic heterocycles. The van der Waals surface area contributed by atoms with Crippen LogP contribution in [0.3, 0.4) is 0 Å². The molecule has 0 amide bonds. The van der Waals surface area contributed by atoms with Gasteiger partial charge in [-0.3, -0.25) is 0 Å². The Balaban J connectivity index is 2.59. The van der Waals surface area contributed by atoms with Gasteiger partial charge in [0.25, 0.3) is 0 Å². The van der Waals surface area contributed by atoms with Crippen LogP contribution in [0.25, 0.3) is 11.1 Å². The molecule has 0 bridgehead atoms.